The predicted molar refractivity (Wildman–Crippen MR) is 90.1 cm³/mol. The van der Waals surface area contributed by atoms with Crippen molar-refractivity contribution in [3.05, 3.63) is 66.2 Å². The zero-order valence-electron chi connectivity index (χ0n) is 12.9. The summed E-state index contributed by atoms with van der Waals surface area (Å²) in [7, 11) is 0. The molecular weight excluding hydrogens is 288 g/mol. The first kappa shape index (κ1) is 15.3. The predicted octanol–water partition coefficient (Wildman–Crippen LogP) is 2.40. The summed E-state index contributed by atoms with van der Waals surface area (Å²) in [6, 6.07) is 19.3. The molecule has 0 spiro atoms. The summed E-state index contributed by atoms with van der Waals surface area (Å²) < 4.78 is 0. The molecule has 23 heavy (non-hydrogen) atoms. The first-order chi connectivity index (χ1) is 11.2. The fraction of sp³-hybridized carbons (Fsp3) is 0.263. The van der Waals surface area contributed by atoms with Crippen molar-refractivity contribution in [1.29, 1.82) is 0 Å². The summed E-state index contributed by atoms with van der Waals surface area (Å²) >= 11 is 0. The quantitative estimate of drug-likeness (QED) is 0.922. The number of nitrogens with one attached hydrogen (secondary N) is 1. The smallest absolute Gasteiger partial charge is 0.227 e. The minimum absolute atomic E-state index is 0.00168. The van der Waals surface area contributed by atoms with Crippen LogP contribution in [-0.2, 0) is 16.0 Å². The van der Waals surface area contributed by atoms with Crippen LogP contribution < -0.4 is 10.2 Å². The van der Waals surface area contributed by atoms with Crippen LogP contribution >= 0.6 is 0 Å². The zero-order chi connectivity index (χ0) is 16.1. The molecule has 1 aliphatic rings. The monoisotopic (exact) mass is 308 g/mol. The largest absolute Gasteiger partial charge is 0.355 e. The van der Waals surface area contributed by atoms with E-state index in [2.05, 4.69) is 5.32 Å². The molecule has 0 aliphatic carbocycles. The molecule has 1 aliphatic heterocycles. The van der Waals surface area contributed by atoms with Crippen molar-refractivity contribution in [3.8, 4) is 0 Å². The number of amides is 2. The van der Waals surface area contributed by atoms with Crippen molar-refractivity contribution >= 4 is 17.5 Å². The van der Waals surface area contributed by atoms with Gasteiger partial charge in [-0.2, -0.15) is 0 Å². The second-order valence-electron chi connectivity index (χ2n) is 5.88. The zero-order valence-corrected chi connectivity index (χ0v) is 12.9. The third-order valence-corrected chi connectivity index (χ3v) is 4.07. The highest BCUT2D eigenvalue weighted by atomic mass is 16.2. The van der Waals surface area contributed by atoms with Crippen LogP contribution in [0.1, 0.15) is 12.0 Å². The summed E-state index contributed by atoms with van der Waals surface area (Å²) in [5.41, 5.74) is 1.93. The Kier molecular flexibility index (Phi) is 4.71. The highest BCUT2D eigenvalue weighted by Crippen LogP contribution is 2.24. The van der Waals surface area contributed by atoms with E-state index in [0.29, 0.717) is 25.9 Å². The van der Waals surface area contributed by atoms with E-state index in [-0.39, 0.29) is 17.7 Å². The number of rotatable bonds is 5. The lowest BCUT2D eigenvalue weighted by Crippen LogP contribution is -2.32. The third kappa shape index (κ3) is 3.97. The second-order valence-corrected chi connectivity index (χ2v) is 5.88. The van der Waals surface area contributed by atoms with Crippen molar-refractivity contribution < 1.29 is 9.59 Å². The maximum atomic E-state index is 12.1. The van der Waals surface area contributed by atoms with Gasteiger partial charge >= 0.3 is 0 Å². The number of hydrogen-bond donors (Lipinski definition) is 1. The van der Waals surface area contributed by atoms with Crippen molar-refractivity contribution in [2.45, 2.75) is 12.8 Å². The highest BCUT2D eigenvalue weighted by molar-refractivity contribution is 5.95. The number of para-hydroxylation sites is 1. The van der Waals surface area contributed by atoms with Crippen molar-refractivity contribution in [1.82, 2.24) is 5.32 Å². The molecule has 4 heteroatoms. The lowest BCUT2D eigenvalue weighted by molar-refractivity contribution is -0.121. The topological polar surface area (TPSA) is 49.4 Å². The summed E-state index contributed by atoms with van der Waals surface area (Å²) in [6.07, 6.45) is 0.865. The summed E-state index contributed by atoms with van der Waals surface area (Å²) in [5, 5.41) is 2.95. The summed E-state index contributed by atoms with van der Waals surface area (Å²) in [5.74, 6) is 0.294. The molecule has 118 valence electrons. The molecule has 2 aromatic carbocycles. The normalized spacial score (nSPS) is 17.3. The number of carbonyl (C=O) groups is 2. The molecule has 1 fully saturated rings. The van der Waals surface area contributed by atoms with Crippen LogP contribution in [0.5, 0.6) is 0 Å². The molecule has 0 aromatic heterocycles. The van der Waals surface area contributed by atoms with E-state index in [4.69, 9.17) is 0 Å². The van der Waals surface area contributed by atoms with E-state index in [1.807, 2.05) is 60.7 Å². The van der Waals surface area contributed by atoms with Gasteiger partial charge in [0.15, 0.2) is 0 Å². The van der Waals surface area contributed by atoms with Crippen LogP contribution in [0.4, 0.5) is 5.69 Å². The Hall–Kier alpha value is -2.62. The van der Waals surface area contributed by atoms with Crippen LogP contribution in [0.15, 0.2) is 60.7 Å². The van der Waals surface area contributed by atoms with Gasteiger partial charge in [0.2, 0.25) is 11.8 Å². The summed E-state index contributed by atoms with van der Waals surface area (Å²) in [4.78, 5) is 25.9. The molecule has 1 saturated heterocycles. The van der Waals surface area contributed by atoms with Gasteiger partial charge in [0.1, 0.15) is 0 Å². The van der Waals surface area contributed by atoms with Crippen LogP contribution in [0.2, 0.25) is 0 Å². The molecule has 0 bridgehead atoms. The highest BCUT2D eigenvalue weighted by Gasteiger charge is 2.30. The van der Waals surface area contributed by atoms with Gasteiger partial charge < -0.3 is 10.2 Å². The van der Waals surface area contributed by atoms with Crippen LogP contribution in [-0.4, -0.2) is 24.9 Å². The molecule has 1 N–H and O–H groups in total. The molecule has 0 unspecified atom stereocenters. The minimum atomic E-state index is 0.00168. The van der Waals surface area contributed by atoms with Crippen molar-refractivity contribution in [2.24, 2.45) is 5.92 Å². The van der Waals surface area contributed by atoms with Gasteiger partial charge in [0.05, 0.1) is 6.42 Å². The molecule has 0 radical (unpaired) electrons. The van der Waals surface area contributed by atoms with E-state index in [1.165, 1.54) is 0 Å². The number of hydrogen-bond acceptors (Lipinski definition) is 2. The Morgan fingerprint density at radius 1 is 1.04 bits per heavy atom. The van der Waals surface area contributed by atoms with E-state index < -0.39 is 0 Å². The summed E-state index contributed by atoms with van der Waals surface area (Å²) in [6.45, 7) is 1.20. The first-order valence-corrected chi connectivity index (χ1v) is 7.88. The van der Waals surface area contributed by atoms with Gasteiger partial charge in [-0.15, -0.1) is 0 Å². The van der Waals surface area contributed by atoms with E-state index >= 15 is 0 Å². The lowest BCUT2D eigenvalue weighted by atomic mass is 10.1. The Labute approximate surface area is 136 Å². The van der Waals surface area contributed by atoms with Crippen LogP contribution in [0, 0.1) is 5.92 Å². The van der Waals surface area contributed by atoms with Gasteiger partial charge in [0, 0.05) is 31.1 Å². The molecular formula is C19H20N2O2. The maximum Gasteiger partial charge on any atom is 0.227 e. The fourth-order valence-corrected chi connectivity index (χ4v) is 2.88. The first-order valence-electron chi connectivity index (χ1n) is 7.88. The molecule has 2 amide bonds. The molecule has 0 saturated carbocycles. The van der Waals surface area contributed by atoms with Gasteiger partial charge in [0.25, 0.3) is 0 Å². The molecule has 1 heterocycles. The number of benzene rings is 2. The fourth-order valence-electron chi connectivity index (χ4n) is 2.88. The average Bonchev–Trinajstić information content (AvgIpc) is 2.96. The molecule has 4 nitrogen and oxygen atoms in total. The maximum absolute atomic E-state index is 12.1. The number of anilines is 1. The Balaban J connectivity index is 1.50. The number of carbonyl (C=O) groups excluding carboxylic acids is 2. The van der Waals surface area contributed by atoms with Crippen LogP contribution in [0.3, 0.4) is 0 Å². The number of nitrogens with zero attached hydrogens (tertiary/aromatic N) is 1. The average molecular weight is 308 g/mol. The second kappa shape index (κ2) is 7.09. The van der Waals surface area contributed by atoms with Gasteiger partial charge in [-0.05, 0) is 17.7 Å². The van der Waals surface area contributed by atoms with Gasteiger partial charge in [-0.1, -0.05) is 48.5 Å². The third-order valence-electron chi connectivity index (χ3n) is 4.07. The van der Waals surface area contributed by atoms with Crippen LogP contribution in [0.25, 0.3) is 0 Å². The van der Waals surface area contributed by atoms with Gasteiger partial charge in [-0.3, -0.25) is 9.59 Å². The molecule has 1 atom stereocenters. The SMILES string of the molecule is O=C(Cc1ccccc1)NC[C@@H]1CC(=O)N(c2ccccc2)C1. The Morgan fingerprint density at radius 2 is 1.70 bits per heavy atom. The lowest BCUT2D eigenvalue weighted by Gasteiger charge is -2.16. The van der Waals surface area contributed by atoms with E-state index in [1.54, 1.807) is 4.90 Å². The van der Waals surface area contributed by atoms with E-state index in [0.717, 1.165) is 11.3 Å². The van der Waals surface area contributed by atoms with E-state index in [9.17, 15) is 9.59 Å². The standard InChI is InChI=1S/C19H20N2O2/c22-18(11-15-7-3-1-4-8-15)20-13-16-12-19(23)21(14-16)17-9-5-2-6-10-17/h1-10,16H,11-14H2,(H,20,22)/t16-/m0/s1. The van der Waals surface area contributed by atoms with Crippen molar-refractivity contribution in [2.75, 3.05) is 18.0 Å². The molecule has 2 aromatic rings. The minimum Gasteiger partial charge on any atom is -0.355 e. The molecule has 3 rings (SSSR count). The van der Waals surface area contributed by atoms with Gasteiger partial charge in [-0.25, -0.2) is 0 Å². The van der Waals surface area contributed by atoms with Crippen molar-refractivity contribution in [3.63, 3.8) is 0 Å². The Bertz CT molecular complexity index is 670. The Morgan fingerprint density at radius 3 is 2.39 bits per heavy atom.